The Morgan fingerprint density at radius 1 is 1.38 bits per heavy atom. The number of nitrogens with zero attached hydrogens (tertiary/aromatic N) is 2. The quantitative estimate of drug-likeness (QED) is 0.660. The number of carbonyl (C=O) groups excluding carboxylic acids is 2. The Morgan fingerprint density at radius 2 is 2.14 bits per heavy atom. The molecule has 0 unspecified atom stereocenters. The van der Waals surface area contributed by atoms with Crippen LogP contribution in [0.5, 0.6) is 0 Å². The van der Waals surface area contributed by atoms with Crippen molar-refractivity contribution in [1.82, 2.24) is 15.1 Å². The second-order valence-corrected chi connectivity index (χ2v) is 8.30. The van der Waals surface area contributed by atoms with Gasteiger partial charge in [0.1, 0.15) is 5.69 Å². The summed E-state index contributed by atoms with van der Waals surface area (Å²) in [6, 6.07) is 0. The van der Waals surface area contributed by atoms with Gasteiger partial charge in [-0.3, -0.25) is 14.3 Å². The van der Waals surface area contributed by atoms with Gasteiger partial charge in [0.2, 0.25) is 0 Å². The third-order valence-electron chi connectivity index (χ3n) is 5.96. The van der Waals surface area contributed by atoms with Gasteiger partial charge in [-0.1, -0.05) is 6.92 Å². The minimum Gasteiger partial charge on any atom is -0.465 e. The summed E-state index contributed by atoms with van der Waals surface area (Å²) in [5, 5.41) is 7.89. The number of hydrogen-bond donors (Lipinski definition) is 1. The number of rotatable bonds is 8. The first-order chi connectivity index (χ1) is 14.0. The number of aryl methyl sites for hydroxylation is 1. The topological polar surface area (TPSA) is 91.7 Å². The number of aromatic nitrogens is 2. The highest BCUT2D eigenvalue weighted by molar-refractivity contribution is 5.94. The van der Waals surface area contributed by atoms with Crippen LogP contribution in [0.1, 0.15) is 54.9 Å². The van der Waals surface area contributed by atoms with Gasteiger partial charge in [0.15, 0.2) is 0 Å². The zero-order valence-electron chi connectivity index (χ0n) is 17.8. The monoisotopic (exact) mass is 407 g/mol. The lowest BCUT2D eigenvalue weighted by Crippen LogP contribution is -2.40. The first-order valence-electron chi connectivity index (χ1n) is 10.6. The van der Waals surface area contributed by atoms with Crippen molar-refractivity contribution in [1.29, 1.82) is 0 Å². The Balaban J connectivity index is 1.76. The number of nitrogens with one attached hydrogen (secondary N) is 1. The molecule has 3 heterocycles. The van der Waals surface area contributed by atoms with Gasteiger partial charge in [0.25, 0.3) is 5.91 Å². The molecule has 1 saturated heterocycles. The van der Waals surface area contributed by atoms with Crippen molar-refractivity contribution >= 4 is 11.9 Å². The van der Waals surface area contributed by atoms with Gasteiger partial charge in [-0.05, 0) is 43.9 Å². The van der Waals surface area contributed by atoms with Crippen molar-refractivity contribution in [3.8, 4) is 0 Å². The van der Waals surface area contributed by atoms with Crippen LogP contribution in [0.4, 0.5) is 0 Å². The molecule has 1 spiro atoms. The van der Waals surface area contributed by atoms with Gasteiger partial charge >= 0.3 is 5.97 Å². The standard InChI is InChI=1S/C21H33N3O5/c1-4-24-19-16(12-21(14-22-20(19)26)6-9-28-10-7-21)17(23-24)11-15(2)13-29-18(25)5-8-27-3/h15H,4-14H2,1-3H3,(H,22,26)/t15-/m1/s1. The Morgan fingerprint density at radius 3 is 2.83 bits per heavy atom. The number of methoxy groups -OCH3 is 1. The molecule has 0 bridgehead atoms. The van der Waals surface area contributed by atoms with Crippen LogP contribution in [0.25, 0.3) is 0 Å². The maximum atomic E-state index is 12.8. The van der Waals surface area contributed by atoms with Crippen molar-refractivity contribution in [3.63, 3.8) is 0 Å². The molecule has 8 nitrogen and oxygen atoms in total. The summed E-state index contributed by atoms with van der Waals surface area (Å²) >= 11 is 0. The van der Waals surface area contributed by atoms with Crippen molar-refractivity contribution < 1.29 is 23.8 Å². The van der Waals surface area contributed by atoms with Crippen molar-refractivity contribution in [2.75, 3.05) is 40.1 Å². The van der Waals surface area contributed by atoms with E-state index >= 15 is 0 Å². The number of amides is 1. The second-order valence-electron chi connectivity index (χ2n) is 8.30. The molecule has 0 aliphatic carbocycles. The zero-order chi connectivity index (χ0) is 20.9. The number of fused-ring (bicyclic) bond motifs is 1. The average molecular weight is 408 g/mol. The molecule has 1 aromatic rings. The third kappa shape index (κ3) is 5.17. The smallest absolute Gasteiger partial charge is 0.308 e. The maximum absolute atomic E-state index is 12.8. The normalized spacial score (nSPS) is 19.3. The molecule has 1 amide bonds. The molecule has 2 aliphatic heterocycles. The fourth-order valence-electron chi connectivity index (χ4n) is 4.21. The van der Waals surface area contributed by atoms with Crippen LogP contribution in [0.2, 0.25) is 0 Å². The van der Waals surface area contributed by atoms with Gasteiger partial charge in [-0.2, -0.15) is 5.10 Å². The number of ether oxygens (including phenoxy) is 3. The van der Waals surface area contributed by atoms with Gasteiger partial charge in [0.05, 0.1) is 25.3 Å². The van der Waals surface area contributed by atoms with E-state index in [1.165, 1.54) is 0 Å². The Kier molecular flexibility index (Phi) is 7.29. The average Bonchev–Trinajstić information content (AvgIpc) is 2.99. The molecule has 1 atom stereocenters. The van der Waals surface area contributed by atoms with Crippen LogP contribution in [0, 0.1) is 11.3 Å². The van der Waals surface area contributed by atoms with Gasteiger partial charge in [-0.15, -0.1) is 0 Å². The summed E-state index contributed by atoms with van der Waals surface area (Å²) in [6.45, 7) is 7.53. The lowest BCUT2D eigenvalue weighted by Gasteiger charge is -2.36. The molecule has 2 aliphatic rings. The molecular weight excluding hydrogens is 374 g/mol. The highest BCUT2D eigenvalue weighted by Crippen LogP contribution is 2.38. The molecule has 1 N–H and O–H groups in total. The van der Waals surface area contributed by atoms with Gasteiger partial charge in [-0.25, -0.2) is 0 Å². The summed E-state index contributed by atoms with van der Waals surface area (Å²) in [5.41, 5.74) is 2.73. The fraction of sp³-hybridized carbons (Fsp3) is 0.762. The van der Waals surface area contributed by atoms with E-state index in [0.717, 1.165) is 43.7 Å². The van der Waals surface area contributed by atoms with Crippen molar-refractivity contribution in [2.24, 2.45) is 11.3 Å². The van der Waals surface area contributed by atoms with E-state index in [0.29, 0.717) is 38.4 Å². The van der Waals surface area contributed by atoms with Crippen LogP contribution in [-0.4, -0.2) is 61.7 Å². The Hall–Kier alpha value is -1.93. The molecule has 1 fully saturated rings. The van der Waals surface area contributed by atoms with Crippen LogP contribution in [0.15, 0.2) is 0 Å². The summed E-state index contributed by atoms with van der Waals surface area (Å²) < 4.78 is 17.7. The van der Waals surface area contributed by atoms with Gasteiger partial charge in [0, 0.05) is 39.0 Å². The second kappa shape index (κ2) is 9.71. The first-order valence-corrected chi connectivity index (χ1v) is 10.6. The summed E-state index contributed by atoms with van der Waals surface area (Å²) in [6.07, 6.45) is 3.65. The maximum Gasteiger partial charge on any atom is 0.308 e. The van der Waals surface area contributed by atoms with E-state index in [2.05, 4.69) is 5.32 Å². The fourth-order valence-corrected chi connectivity index (χ4v) is 4.21. The minimum atomic E-state index is -0.253. The molecule has 0 aromatic carbocycles. The van der Waals surface area contributed by atoms with E-state index in [9.17, 15) is 9.59 Å². The molecule has 162 valence electrons. The van der Waals surface area contributed by atoms with Crippen LogP contribution in [0.3, 0.4) is 0 Å². The summed E-state index contributed by atoms with van der Waals surface area (Å²) in [4.78, 5) is 24.6. The summed E-state index contributed by atoms with van der Waals surface area (Å²) in [7, 11) is 1.56. The lowest BCUT2D eigenvalue weighted by atomic mass is 9.75. The third-order valence-corrected chi connectivity index (χ3v) is 5.96. The van der Waals surface area contributed by atoms with E-state index in [-0.39, 0.29) is 29.6 Å². The van der Waals surface area contributed by atoms with E-state index in [1.54, 1.807) is 7.11 Å². The molecule has 0 radical (unpaired) electrons. The van der Waals surface area contributed by atoms with Crippen molar-refractivity contribution in [2.45, 2.75) is 52.5 Å². The zero-order valence-corrected chi connectivity index (χ0v) is 17.8. The Labute approximate surface area is 172 Å². The number of esters is 1. The number of hydrogen-bond acceptors (Lipinski definition) is 6. The largest absolute Gasteiger partial charge is 0.465 e. The Bertz CT molecular complexity index is 724. The van der Waals surface area contributed by atoms with Crippen molar-refractivity contribution in [3.05, 3.63) is 17.0 Å². The van der Waals surface area contributed by atoms with Gasteiger partial charge < -0.3 is 19.5 Å². The lowest BCUT2D eigenvalue weighted by molar-refractivity contribution is -0.145. The molecule has 8 heteroatoms. The molecule has 1 aromatic heterocycles. The molecular formula is C21H33N3O5. The van der Waals surface area contributed by atoms with Crippen LogP contribution >= 0.6 is 0 Å². The van der Waals surface area contributed by atoms with Crippen LogP contribution in [-0.2, 0) is 38.4 Å². The van der Waals surface area contributed by atoms with Crippen LogP contribution < -0.4 is 5.32 Å². The first kappa shape index (κ1) is 21.8. The molecule has 0 saturated carbocycles. The van der Waals surface area contributed by atoms with E-state index < -0.39 is 0 Å². The predicted octanol–water partition coefficient (Wildman–Crippen LogP) is 1.74. The molecule has 3 rings (SSSR count). The van der Waals surface area contributed by atoms with E-state index in [4.69, 9.17) is 19.3 Å². The summed E-state index contributed by atoms with van der Waals surface area (Å²) in [5.74, 6) is -0.178. The highest BCUT2D eigenvalue weighted by Gasteiger charge is 2.39. The molecule has 29 heavy (non-hydrogen) atoms. The number of carbonyl (C=O) groups is 2. The minimum absolute atomic E-state index is 0.0331. The highest BCUT2D eigenvalue weighted by atomic mass is 16.5. The predicted molar refractivity (Wildman–Crippen MR) is 107 cm³/mol. The van der Waals surface area contributed by atoms with E-state index in [1.807, 2.05) is 18.5 Å². The SMILES string of the molecule is CCn1nc(C[C@@H](C)COC(=O)CCOC)c2c1C(=O)NCC1(CCOCC1)C2.